The summed E-state index contributed by atoms with van der Waals surface area (Å²) in [6.07, 6.45) is 5.68. The van der Waals surface area contributed by atoms with Crippen molar-refractivity contribution in [1.82, 2.24) is 29.3 Å². The van der Waals surface area contributed by atoms with Crippen LogP contribution in [0.2, 0.25) is 0 Å². The Morgan fingerprint density at radius 3 is 2.66 bits per heavy atom. The van der Waals surface area contributed by atoms with E-state index < -0.39 is 0 Å². The second-order valence-electron chi connectivity index (χ2n) is 9.31. The normalized spacial score (nSPS) is 15.3. The maximum atomic E-state index is 9.27. The molecule has 1 aliphatic heterocycles. The number of β-amino-alcohol motifs (C(OH)–C–C–N with tert-alkyl or cyclic N) is 1. The van der Waals surface area contributed by atoms with Crippen molar-refractivity contribution in [3.8, 4) is 11.1 Å². The van der Waals surface area contributed by atoms with Crippen LogP contribution in [0.25, 0.3) is 27.5 Å². The van der Waals surface area contributed by atoms with Crippen LogP contribution in [0.1, 0.15) is 30.0 Å². The largest absolute Gasteiger partial charge is 0.395 e. The first-order valence-electron chi connectivity index (χ1n) is 12.2. The first kappa shape index (κ1) is 21.8. The molecule has 4 heterocycles. The van der Waals surface area contributed by atoms with Gasteiger partial charge in [0, 0.05) is 35.3 Å². The molecule has 8 heteroatoms. The Labute approximate surface area is 203 Å². The molecule has 0 radical (unpaired) electrons. The molecule has 3 aromatic heterocycles. The van der Waals surface area contributed by atoms with E-state index in [9.17, 15) is 5.11 Å². The molecule has 8 nitrogen and oxygen atoms in total. The molecule has 1 fully saturated rings. The molecule has 3 N–H and O–H groups in total. The van der Waals surface area contributed by atoms with E-state index in [1.807, 2.05) is 15.3 Å². The minimum atomic E-state index is 0.205. The molecule has 0 bridgehead atoms. The van der Waals surface area contributed by atoms with Gasteiger partial charge < -0.3 is 15.7 Å². The summed E-state index contributed by atoms with van der Waals surface area (Å²) < 4.78 is 3.97. The van der Waals surface area contributed by atoms with Crippen molar-refractivity contribution >= 4 is 22.2 Å². The molecule has 0 aliphatic carbocycles. The lowest BCUT2D eigenvalue weighted by Gasteiger charge is -2.31. The van der Waals surface area contributed by atoms with Crippen LogP contribution in [-0.4, -0.2) is 60.6 Å². The fraction of sp³-hybridized carbons (Fsp3) is 0.296. The van der Waals surface area contributed by atoms with Crippen molar-refractivity contribution < 1.29 is 5.11 Å². The van der Waals surface area contributed by atoms with Gasteiger partial charge >= 0.3 is 0 Å². The summed E-state index contributed by atoms with van der Waals surface area (Å²) in [7, 11) is 0. The van der Waals surface area contributed by atoms with E-state index in [2.05, 4.69) is 69.7 Å². The highest BCUT2D eigenvalue weighted by Crippen LogP contribution is 2.37. The summed E-state index contributed by atoms with van der Waals surface area (Å²) in [5.41, 5.74) is 12.7. The lowest BCUT2D eigenvalue weighted by molar-refractivity contribution is 0.163. The molecule has 35 heavy (non-hydrogen) atoms. The molecular formula is C27H29N7O. The Balaban J connectivity index is 1.36. The number of rotatable bonds is 6. The van der Waals surface area contributed by atoms with E-state index in [1.54, 1.807) is 0 Å². The van der Waals surface area contributed by atoms with Gasteiger partial charge in [-0.2, -0.15) is 10.2 Å². The second-order valence-corrected chi connectivity index (χ2v) is 9.31. The third-order valence-electron chi connectivity index (χ3n) is 7.09. The van der Waals surface area contributed by atoms with Gasteiger partial charge in [0.05, 0.1) is 18.7 Å². The van der Waals surface area contributed by atoms with Gasteiger partial charge in [-0.3, -0.25) is 4.68 Å². The number of aromatic nitrogens is 5. The Kier molecular flexibility index (Phi) is 5.67. The molecule has 0 spiro atoms. The van der Waals surface area contributed by atoms with Gasteiger partial charge in [0.1, 0.15) is 11.8 Å². The molecular weight excluding hydrogens is 438 g/mol. The Hall–Kier alpha value is -3.75. The Morgan fingerprint density at radius 1 is 1.03 bits per heavy atom. The smallest absolute Gasteiger partial charge is 0.151 e. The number of nitrogen functional groups attached to an aromatic ring is 1. The van der Waals surface area contributed by atoms with Gasteiger partial charge in [-0.05, 0) is 49.2 Å². The lowest BCUT2D eigenvalue weighted by Crippen LogP contribution is -2.35. The number of hydrogen-bond donors (Lipinski definition) is 2. The van der Waals surface area contributed by atoms with Crippen LogP contribution < -0.4 is 5.73 Å². The minimum absolute atomic E-state index is 0.205. The van der Waals surface area contributed by atoms with Crippen molar-refractivity contribution in [1.29, 1.82) is 0 Å². The van der Waals surface area contributed by atoms with Crippen molar-refractivity contribution in [2.24, 2.45) is 0 Å². The number of nitrogens with zero attached hydrogens (tertiary/aromatic N) is 6. The van der Waals surface area contributed by atoms with E-state index in [0.717, 1.165) is 66.6 Å². The van der Waals surface area contributed by atoms with Gasteiger partial charge in [-0.25, -0.2) is 9.50 Å². The predicted octanol–water partition coefficient (Wildman–Crippen LogP) is 3.55. The Morgan fingerprint density at radius 2 is 1.86 bits per heavy atom. The van der Waals surface area contributed by atoms with Crippen LogP contribution >= 0.6 is 0 Å². The second kappa shape index (κ2) is 9.13. The van der Waals surface area contributed by atoms with Crippen molar-refractivity contribution in [3.05, 3.63) is 78.4 Å². The van der Waals surface area contributed by atoms with Gasteiger partial charge in [-0.1, -0.05) is 42.5 Å². The third-order valence-corrected chi connectivity index (χ3v) is 7.09. The van der Waals surface area contributed by atoms with E-state index in [-0.39, 0.29) is 6.61 Å². The number of aliphatic hydroxyl groups is 1. The highest BCUT2D eigenvalue weighted by molar-refractivity contribution is 5.92. The molecule has 1 saturated heterocycles. The molecule has 1 aliphatic rings. The van der Waals surface area contributed by atoms with Gasteiger partial charge in [0.25, 0.3) is 0 Å². The summed E-state index contributed by atoms with van der Waals surface area (Å²) in [6.45, 7) is 3.62. The van der Waals surface area contributed by atoms with Gasteiger partial charge in [-0.15, -0.1) is 0 Å². The lowest BCUT2D eigenvalue weighted by atomic mass is 9.93. The van der Waals surface area contributed by atoms with Crippen LogP contribution in [0, 0.1) is 0 Å². The highest BCUT2D eigenvalue weighted by atomic mass is 16.3. The standard InChI is InChI=1S/C27H29N7O/c28-27-26-23(15-25(34(26)30-18-29-27)20-8-10-32(11-9-20)12-13-35)21-6-7-22-17-33(31-24(22)14-21)16-19-4-2-1-3-5-19/h1-7,14-15,17-18,20,35H,8-13,16H2,(H2,28,29,30). The zero-order valence-corrected chi connectivity index (χ0v) is 19.6. The maximum Gasteiger partial charge on any atom is 0.151 e. The van der Waals surface area contributed by atoms with Crippen molar-refractivity contribution in [2.75, 3.05) is 32.0 Å². The number of piperidine rings is 1. The highest BCUT2D eigenvalue weighted by Gasteiger charge is 2.25. The van der Waals surface area contributed by atoms with Crippen LogP contribution in [-0.2, 0) is 6.54 Å². The number of aliphatic hydroxyl groups excluding tert-OH is 1. The average molecular weight is 468 g/mol. The van der Waals surface area contributed by atoms with Gasteiger partial charge in [0.15, 0.2) is 5.82 Å². The summed E-state index contributed by atoms with van der Waals surface area (Å²) in [5.74, 6) is 0.864. The first-order chi connectivity index (χ1) is 17.2. The number of anilines is 1. The fourth-order valence-corrected chi connectivity index (χ4v) is 5.28. The number of hydrogen-bond acceptors (Lipinski definition) is 6. The zero-order valence-electron chi connectivity index (χ0n) is 19.6. The van der Waals surface area contributed by atoms with Crippen molar-refractivity contribution in [3.63, 3.8) is 0 Å². The maximum absolute atomic E-state index is 9.27. The molecule has 0 unspecified atom stereocenters. The van der Waals surface area contributed by atoms with Crippen LogP contribution in [0.15, 0.2) is 67.1 Å². The summed E-state index contributed by atoms with van der Waals surface area (Å²) >= 11 is 0. The fourth-order valence-electron chi connectivity index (χ4n) is 5.28. The minimum Gasteiger partial charge on any atom is -0.395 e. The Bertz CT molecular complexity index is 1470. The van der Waals surface area contributed by atoms with E-state index in [0.29, 0.717) is 11.7 Å². The number of likely N-dealkylation sites (tertiary alicyclic amines) is 1. The summed E-state index contributed by atoms with van der Waals surface area (Å²) in [6, 6.07) is 19.0. The topological polar surface area (TPSA) is 97.5 Å². The van der Waals surface area contributed by atoms with E-state index in [4.69, 9.17) is 10.8 Å². The van der Waals surface area contributed by atoms with Crippen LogP contribution in [0.3, 0.4) is 0 Å². The first-order valence-corrected chi connectivity index (χ1v) is 12.2. The zero-order chi connectivity index (χ0) is 23.8. The molecule has 0 atom stereocenters. The molecule has 2 aromatic carbocycles. The quantitative estimate of drug-likeness (QED) is 0.396. The molecule has 178 valence electrons. The van der Waals surface area contributed by atoms with E-state index in [1.165, 1.54) is 17.6 Å². The molecule has 0 saturated carbocycles. The summed E-state index contributed by atoms with van der Waals surface area (Å²) in [5, 5.41) is 19.8. The predicted molar refractivity (Wildman–Crippen MR) is 137 cm³/mol. The molecule has 6 rings (SSSR count). The van der Waals surface area contributed by atoms with Crippen LogP contribution in [0.5, 0.6) is 0 Å². The molecule has 0 amide bonds. The SMILES string of the molecule is Nc1ncnn2c(C3CCN(CCO)CC3)cc(-c3ccc4cn(Cc5ccccc5)nc4c3)c12. The average Bonchev–Trinajstić information content (AvgIpc) is 3.47. The number of nitrogens with two attached hydrogens (primary N) is 1. The monoisotopic (exact) mass is 467 g/mol. The summed E-state index contributed by atoms with van der Waals surface area (Å²) in [4.78, 5) is 6.61. The molecule has 5 aromatic rings. The van der Waals surface area contributed by atoms with E-state index >= 15 is 0 Å². The number of fused-ring (bicyclic) bond motifs is 2. The van der Waals surface area contributed by atoms with Crippen molar-refractivity contribution in [2.45, 2.75) is 25.3 Å². The van der Waals surface area contributed by atoms with Gasteiger partial charge in [0.2, 0.25) is 0 Å². The number of benzene rings is 2. The van der Waals surface area contributed by atoms with Crippen LogP contribution in [0.4, 0.5) is 5.82 Å². The third kappa shape index (κ3) is 4.15.